The van der Waals surface area contributed by atoms with E-state index in [4.69, 9.17) is 14.5 Å². The topological polar surface area (TPSA) is 79.8 Å². The Morgan fingerprint density at radius 2 is 1.77 bits per heavy atom. The Bertz CT molecular complexity index is 1540. The highest BCUT2D eigenvalue weighted by Crippen LogP contribution is 2.37. The number of nitrogens with zero attached hydrogens (tertiary/aromatic N) is 4. The number of benzene rings is 2. The Morgan fingerprint density at radius 1 is 0.925 bits per heavy atom. The van der Waals surface area contributed by atoms with Crippen molar-refractivity contribution in [2.24, 2.45) is 0 Å². The van der Waals surface area contributed by atoms with E-state index in [1.807, 2.05) is 48.5 Å². The maximum atomic E-state index is 14.3. The van der Waals surface area contributed by atoms with Crippen LogP contribution < -0.4 is 14.8 Å². The van der Waals surface area contributed by atoms with E-state index in [1.165, 1.54) is 12.8 Å². The first kappa shape index (κ1) is 24.8. The molecule has 8 nitrogen and oxygen atoms in total. The molecule has 8 heteroatoms. The summed E-state index contributed by atoms with van der Waals surface area (Å²) in [6, 6.07) is 20.1. The Balaban J connectivity index is 1.25. The quantitative estimate of drug-likeness (QED) is 0.342. The average molecular weight is 536 g/mol. The van der Waals surface area contributed by atoms with Crippen LogP contribution in [0.2, 0.25) is 0 Å². The number of aromatic nitrogens is 2. The number of hydrogen-bond donors (Lipinski definition) is 1. The summed E-state index contributed by atoms with van der Waals surface area (Å²) in [6.45, 7) is 4.79. The first-order chi connectivity index (χ1) is 19.7. The van der Waals surface area contributed by atoms with Gasteiger partial charge < -0.3 is 24.6 Å². The van der Waals surface area contributed by atoms with Crippen molar-refractivity contribution in [2.45, 2.75) is 38.3 Å². The molecule has 1 amide bonds. The lowest BCUT2D eigenvalue weighted by atomic mass is 9.99. The van der Waals surface area contributed by atoms with E-state index in [0.29, 0.717) is 17.9 Å². The summed E-state index contributed by atoms with van der Waals surface area (Å²) in [5, 5.41) is 4.26. The van der Waals surface area contributed by atoms with E-state index in [2.05, 4.69) is 32.2 Å². The number of hydrogen-bond acceptors (Lipinski definition) is 7. The third-order valence-corrected chi connectivity index (χ3v) is 8.23. The summed E-state index contributed by atoms with van der Waals surface area (Å²) < 4.78 is 11.1. The van der Waals surface area contributed by atoms with Gasteiger partial charge in [0.25, 0.3) is 5.91 Å². The minimum absolute atomic E-state index is 0.0813. The third kappa shape index (κ3) is 4.95. The summed E-state index contributed by atoms with van der Waals surface area (Å²) in [6.07, 6.45) is 6.39. The van der Waals surface area contributed by atoms with Crippen molar-refractivity contribution < 1.29 is 14.3 Å². The molecule has 4 aromatic rings. The molecule has 0 bridgehead atoms. The fraction of sp³-hybridized carbons (Fsp3) is 0.344. The van der Waals surface area contributed by atoms with E-state index >= 15 is 0 Å². The van der Waals surface area contributed by atoms with Crippen LogP contribution in [0.3, 0.4) is 0 Å². The number of carbonyl (C=O) groups excluding carboxylic acids is 1. The number of likely N-dealkylation sites (tertiary alicyclic amines) is 2. The van der Waals surface area contributed by atoms with Gasteiger partial charge in [-0.15, -0.1) is 0 Å². The van der Waals surface area contributed by atoms with E-state index in [-0.39, 0.29) is 18.7 Å². The van der Waals surface area contributed by atoms with Crippen molar-refractivity contribution in [2.75, 3.05) is 38.3 Å². The summed E-state index contributed by atoms with van der Waals surface area (Å²) in [7, 11) is 0. The lowest BCUT2D eigenvalue weighted by Gasteiger charge is -2.29. The first-order valence-corrected chi connectivity index (χ1v) is 14.2. The van der Waals surface area contributed by atoms with Crippen LogP contribution in [0.25, 0.3) is 22.0 Å². The van der Waals surface area contributed by atoms with Crippen LogP contribution in [-0.4, -0.2) is 64.7 Å². The van der Waals surface area contributed by atoms with Gasteiger partial charge in [0, 0.05) is 30.7 Å². The molecule has 0 unspecified atom stereocenters. The van der Waals surface area contributed by atoms with Crippen LogP contribution in [-0.2, 0) is 6.54 Å². The van der Waals surface area contributed by atoms with Crippen molar-refractivity contribution in [3.63, 3.8) is 0 Å². The second kappa shape index (κ2) is 10.8. The zero-order valence-electron chi connectivity index (χ0n) is 22.5. The molecule has 3 aliphatic heterocycles. The van der Waals surface area contributed by atoms with Gasteiger partial charge in [-0.05, 0) is 92.4 Å². The molecule has 1 atom stereocenters. The number of pyridine rings is 2. The average Bonchev–Trinajstić information content (AvgIpc) is 3.78. The second-order valence-electron chi connectivity index (χ2n) is 10.8. The highest BCUT2D eigenvalue weighted by Gasteiger charge is 2.32. The standard InChI is InChI=1S/C32H33N5O3/c38-32(37-15-5-7-25(37)20-36-13-3-4-14-36)27-18-31(34-19-24-6-1-2-12-33-24)35-28-10-8-22(16-26(27)28)23-9-11-29-30(17-23)40-21-39-29/h1-2,6,8-12,16-18,25H,3-5,7,13-15,19-21H2,(H,34,35)/t25-/m0/s1. The highest BCUT2D eigenvalue weighted by molar-refractivity contribution is 6.08. The van der Waals surface area contributed by atoms with Crippen molar-refractivity contribution in [3.8, 4) is 22.6 Å². The minimum atomic E-state index is 0.0813. The van der Waals surface area contributed by atoms with Gasteiger partial charge in [-0.25, -0.2) is 4.98 Å². The van der Waals surface area contributed by atoms with Crippen LogP contribution in [0.15, 0.2) is 66.9 Å². The normalized spacial score (nSPS) is 18.5. The summed E-state index contributed by atoms with van der Waals surface area (Å²) >= 11 is 0. The summed E-state index contributed by atoms with van der Waals surface area (Å²) in [5.74, 6) is 2.25. The lowest BCUT2D eigenvalue weighted by molar-refractivity contribution is 0.0710. The van der Waals surface area contributed by atoms with Gasteiger partial charge in [0.2, 0.25) is 6.79 Å². The van der Waals surface area contributed by atoms with Gasteiger partial charge in [0.15, 0.2) is 11.5 Å². The molecule has 2 aromatic heterocycles. The van der Waals surface area contributed by atoms with E-state index in [1.54, 1.807) is 6.20 Å². The molecule has 204 valence electrons. The molecule has 0 radical (unpaired) electrons. The molecule has 2 fully saturated rings. The van der Waals surface area contributed by atoms with Crippen molar-refractivity contribution in [1.29, 1.82) is 0 Å². The number of amides is 1. The fourth-order valence-corrected chi connectivity index (χ4v) is 6.14. The van der Waals surface area contributed by atoms with Gasteiger partial charge >= 0.3 is 0 Å². The van der Waals surface area contributed by atoms with E-state index in [9.17, 15) is 4.79 Å². The van der Waals surface area contributed by atoms with Crippen LogP contribution in [0.1, 0.15) is 41.7 Å². The molecule has 3 aliphatic rings. The number of carbonyl (C=O) groups is 1. The van der Waals surface area contributed by atoms with Crippen molar-refractivity contribution >= 4 is 22.6 Å². The molecular formula is C32H33N5O3. The molecule has 40 heavy (non-hydrogen) atoms. The zero-order valence-corrected chi connectivity index (χ0v) is 22.5. The predicted molar refractivity (Wildman–Crippen MR) is 155 cm³/mol. The molecular weight excluding hydrogens is 502 g/mol. The molecule has 1 N–H and O–H groups in total. The van der Waals surface area contributed by atoms with Crippen LogP contribution >= 0.6 is 0 Å². The van der Waals surface area contributed by atoms with Crippen molar-refractivity contribution in [1.82, 2.24) is 19.8 Å². The van der Waals surface area contributed by atoms with Gasteiger partial charge in [0.1, 0.15) is 5.82 Å². The number of fused-ring (bicyclic) bond motifs is 2. The Morgan fingerprint density at radius 3 is 2.65 bits per heavy atom. The van der Waals surface area contributed by atoms with E-state index in [0.717, 1.165) is 78.2 Å². The fourth-order valence-electron chi connectivity index (χ4n) is 6.14. The van der Waals surface area contributed by atoms with Gasteiger partial charge in [0.05, 0.1) is 23.3 Å². The van der Waals surface area contributed by atoms with Crippen LogP contribution in [0.4, 0.5) is 5.82 Å². The molecule has 0 aliphatic carbocycles. The van der Waals surface area contributed by atoms with Gasteiger partial charge in [-0.3, -0.25) is 9.78 Å². The molecule has 2 saturated heterocycles. The smallest absolute Gasteiger partial charge is 0.254 e. The number of ether oxygens (including phenoxy) is 2. The minimum Gasteiger partial charge on any atom is -0.454 e. The molecule has 2 aromatic carbocycles. The number of anilines is 1. The Hall–Kier alpha value is -4.17. The highest BCUT2D eigenvalue weighted by atomic mass is 16.7. The SMILES string of the molecule is O=C(c1cc(NCc2ccccn2)nc2ccc(-c3ccc4c(c3)OCO4)cc12)N1CCC[C@H]1CN1CCCC1. The maximum absolute atomic E-state index is 14.3. The van der Waals surface area contributed by atoms with Gasteiger partial charge in [-0.1, -0.05) is 18.2 Å². The zero-order chi connectivity index (χ0) is 26.9. The van der Waals surface area contributed by atoms with Crippen LogP contribution in [0.5, 0.6) is 11.5 Å². The van der Waals surface area contributed by atoms with E-state index < -0.39 is 0 Å². The van der Waals surface area contributed by atoms with Crippen LogP contribution in [0, 0.1) is 0 Å². The Kier molecular flexibility index (Phi) is 6.69. The predicted octanol–water partition coefficient (Wildman–Crippen LogP) is 5.34. The molecule has 5 heterocycles. The molecule has 0 saturated carbocycles. The summed E-state index contributed by atoms with van der Waals surface area (Å²) in [5.41, 5.74) is 4.40. The summed E-state index contributed by atoms with van der Waals surface area (Å²) in [4.78, 5) is 28.2. The second-order valence-corrected chi connectivity index (χ2v) is 10.8. The largest absolute Gasteiger partial charge is 0.454 e. The maximum Gasteiger partial charge on any atom is 0.254 e. The monoisotopic (exact) mass is 535 g/mol. The molecule has 7 rings (SSSR count). The third-order valence-electron chi connectivity index (χ3n) is 8.23. The Labute approximate surface area is 233 Å². The van der Waals surface area contributed by atoms with Crippen molar-refractivity contribution in [3.05, 3.63) is 78.1 Å². The number of nitrogens with one attached hydrogen (secondary N) is 1. The lowest BCUT2D eigenvalue weighted by Crippen LogP contribution is -2.42. The van der Waals surface area contributed by atoms with Gasteiger partial charge in [-0.2, -0.15) is 0 Å². The first-order valence-electron chi connectivity index (χ1n) is 14.2. The molecule has 0 spiro atoms. The number of rotatable bonds is 7.